The van der Waals surface area contributed by atoms with Crippen LogP contribution >= 0.6 is 0 Å². The summed E-state index contributed by atoms with van der Waals surface area (Å²) in [6.45, 7) is 0.190. The van der Waals surface area contributed by atoms with Gasteiger partial charge in [0.1, 0.15) is 25.3 Å². The van der Waals surface area contributed by atoms with Crippen molar-refractivity contribution in [3.8, 4) is 0 Å². The molecule has 0 aromatic heterocycles. The van der Waals surface area contributed by atoms with E-state index in [0.717, 1.165) is 11.1 Å². The molecular weight excluding hydrogens is 692 g/mol. The molecule has 0 bridgehead atoms. The fourth-order valence-electron chi connectivity index (χ4n) is 6.12. The van der Waals surface area contributed by atoms with Crippen LogP contribution in [0.1, 0.15) is 44.7 Å². The average molecular weight is 735 g/mol. The first-order valence-electron chi connectivity index (χ1n) is 17.5. The predicted octanol–water partition coefficient (Wildman–Crippen LogP) is 5.95. The van der Waals surface area contributed by atoms with Crippen LogP contribution in [-0.2, 0) is 41.8 Å². The van der Waals surface area contributed by atoms with Crippen molar-refractivity contribution in [2.75, 3.05) is 14.2 Å². The third-order valence-electron chi connectivity index (χ3n) is 9.21. The van der Waals surface area contributed by atoms with Gasteiger partial charge in [0.15, 0.2) is 11.6 Å². The molecule has 4 aromatic rings. The van der Waals surface area contributed by atoms with Crippen LogP contribution in [0.4, 0.5) is 9.59 Å². The summed E-state index contributed by atoms with van der Waals surface area (Å²) in [6.07, 6.45) is -0.391. The highest BCUT2D eigenvalue weighted by Gasteiger charge is 2.52. The summed E-state index contributed by atoms with van der Waals surface area (Å²) in [7, 11) is 2.51. The Morgan fingerprint density at radius 3 is 1.15 bits per heavy atom. The Hall–Kier alpha value is -6.30. The number of hydrogen-bond donors (Lipinski definition) is 2. The third-order valence-corrected chi connectivity index (χ3v) is 9.21. The summed E-state index contributed by atoms with van der Waals surface area (Å²) >= 11 is 0. The van der Waals surface area contributed by atoms with Gasteiger partial charge < -0.3 is 29.6 Å². The molecule has 12 nitrogen and oxygen atoms in total. The molecule has 2 N–H and O–H groups in total. The molecule has 6 atom stereocenters. The van der Waals surface area contributed by atoms with E-state index in [4.69, 9.17) is 18.9 Å². The van der Waals surface area contributed by atoms with E-state index in [1.807, 2.05) is 72.8 Å². The quantitative estimate of drug-likeness (QED) is 0.0900. The van der Waals surface area contributed by atoms with Gasteiger partial charge in [0.05, 0.1) is 14.2 Å². The van der Waals surface area contributed by atoms with Crippen LogP contribution in [0.2, 0.25) is 0 Å². The molecule has 0 saturated heterocycles. The molecule has 12 heteroatoms. The lowest BCUT2D eigenvalue weighted by atomic mass is 10.0. The van der Waals surface area contributed by atoms with Crippen molar-refractivity contribution in [2.24, 2.45) is 23.7 Å². The molecule has 0 aliphatic heterocycles. The zero-order valence-corrected chi connectivity index (χ0v) is 29.9. The summed E-state index contributed by atoms with van der Waals surface area (Å²) in [4.78, 5) is 73.5. The first-order chi connectivity index (χ1) is 26.2. The van der Waals surface area contributed by atoms with Gasteiger partial charge in [-0.2, -0.15) is 0 Å². The van der Waals surface area contributed by atoms with Crippen molar-refractivity contribution < 1.29 is 47.7 Å². The first kappa shape index (κ1) is 38.9. The minimum absolute atomic E-state index is 0.0334. The summed E-state index contributed by atoms with van der Waals surface area (Å²) < 4.78 is 19.9. The highest BCUT2D eigenvalue weighted by atomic mass is 16.6. The van der Waals surface area contributed by atoms with Crippen molar-refractivity contribution in [1.29, 1.82) is 0 Å². The molecule has 6 rings (SSSR count). The predicted molar refractivity (Wildman–Crippen MR) is 196 cm³/mol. The molecule has 2 aliphatic rings. The lowest BCUT2D eigenvalue weighted by Gasteiger charge is -2.16. The highest BCUT2D eigenvalue weighted by molar-refractivity contribution is 6.01. The van der Waals surface area contributed by atoms with Gasteiger partial charge in [0, 0.05) is 34.8 Å². The van der Waals surface area contributed by atoms with Gasteiger partial charge in [0.2, 0.25) is 0 Å². The number of methoxy groups -OCH3 is 2. The van der Waals surface area contributed by atoms with Crippen LogP contribution in [0.15, 0.2) is 121 Å². The second-order valence-electron chi connectivity index (χ2n) is 12.9. The number of alkyl carbamates (subject to hydrolysis) is 2. The maximum atomic E-state index is 12.5. The molecule has 2 aliphatic carbocycles. The van der Waals surface area contributed by atoms with E-state index in [1.165, 1.54) is 14.2 Å². The Morgan fingerprint density at radius 1 is 0.519 bits per heavy atom. The number of nitrogens with one attached hydrogen (secondary N) is 2. The average Bonchev–Trinajstić information content (AvgIpc) is 4.17. The van der Waals surface area contributed by atoms with Crippen LogP contribution in [0, 0.1) is 23.7 Å². The number of ether oxygens (including phenoxy) is 4. The third kappa shape index (κ3) is 10.9. The van der Waals surface area contributed by atoms with Gasteiger partial charge in [-0.3, -0.25) is 9.59 Å². The number of hydrogen-bond acceptors (Lipinski definition) is 10. The fourth-order valence-corrected chi connectivity index (χ4v) is 6.12. The van der Waals surface area contributed by atoms with Crippen molar-refractivity contribution in [3.63, 3.8) is 0 Å². The second kappa shape index (κ2) is 19.0. The standard InChI is InChI=1S/2C21H21NO5/c2*1-26-20(24)18(22-21(25)27-13-14-8-4-2-5-9-14)16-12-17(16)19(23)15-10-6-3-7-11-15/h2*2-11,16-18H,12-13H2,1H3,(H,22,25)/t2*16-,17-,18+/m00/s1. The van der Waals surface area contributed by atoms with Crippen LogP contribution in [-0.4, -0.2) is 62.0 Å². The van der Waals surface area contributed by atoms with Crippen molar-refractivity contribution in [2.45, 2.75) is 38.1 Å². The summed E-state index contributed by atoms with van der Waals surface area (Å²) in [6, 6.07) is 34.5. The molecular formula is C42H42N2O10. The number of esters is 2. The number of carbonyl (C=O) groups excluding carboxylic acids is 6. The van der Waals surface area contributed by atoms with Crippen molar-refractivity contribution in [1.82, 2.24) is 10.6 Å². The largest absolute Gasteiger partial charge is 0.467 e. The van der Waals surface area contributed by atoms with E-state index in [-0.39, 0.29) is 48.5 Å². The SMILES string of the molecule is COC(=O)[C@H](NC(=O)OCc1ccccc1)[C@H]1C[C@@H]1C(=O)c1ccccc1.COC(=O)[C@H](NC(=O)OCc1ccccc1)[C@H]1C[C@@H]1C(=O)c1ccccc1. The molecule has 54 heavy (non-hydrogen) atoms. The molecule has 2 amide bonds. The van der Waals surface area contributed by atoms with Crippen LogP contribution in [0.5, 0.6) is 0 Å². The van der Waals surface area contributed by atoms with E-state index in [9.17, 15) is 28.8 Å². The molecule has 0 heterocycles. The summed E-state index contributed by atoms with van der Waals surface area (Å²) in [5, 5.41) is 5.10. The Bertz CT molecular complexity index is 1750. The van der Waals surface area contributed by atoms with E-state index < -0.39 is 36.2 Å². The Kier molecular flexibility index (Phi) is 13.7. The first-order valence-corrected chi connectivity index (χ1v) is 17.5. The van der Waals surface area contributed by atoms with Gasteiger partial charge in [-0.05, 0) is 24.0 Å². The Labute approximate surface area is 313 Å². The normalized spacial score (nSPS) is 18.9. The topological polar surface area (TPSA) is 163 Å². The zero-order chi connectivity index (χ0) is 38.5. The molecule has 280 valence electrons. The van der Waals surface area contributed by atoms with E-state index in [2.05, 4.69) is 10.6 Å². The zero-order valence-electron chi connectivity index (χ0n) is 29.9. The molecule has 2 fully saturated rings. The Balaban J connectivity index is 0.000000208. The van der Waals surface area contributed by atoms with Crippen LogP contribution in [0.3, 0.4) is 0 Å². The molecule has 4 aromatic carbocycles. The number of benzene rings is 4. The van der Waals surface area contributed by atoms with Gasteiger partial charge in [0.25, 0.3) is 0 Å². The van der Waals surface area contributed by atoms with E-state index >= 15 is 0 Å². The minimum Gasteiger partial charge on any atom is -0.467 e. The maximum Gasteiger partial charge on any atom is 0.408 e. The summed E-state index contributed by atoms with van der Waals surface area (Å²) in [5.41, 5.74) is 2.87. The monoisotopic (exact) mass is 734 g/mol. The van der Waals surface area contributed by atoms with Crippen molar-refractivity contribution >= 4 is 35.7 Å². The van der Waals surface area contributed by atoms with Gasteiger partial charge in [-0.15, -0.1) is 0 Å². The lowest BCUT2D eigenvalue weighted by molar-refractivity contribution is -0.144. The molecule has 0 unspecified atom stereocenters. The van der Waals surface area contributed by atoms with Crippen LogP contribution in [0.25, 0.3) is 0 Å². The number of Topliss-reactive ketones (excluding diaryl/α,β-unsaturated/α-hetero) is 2. The number of rotatable bonds is 14. The number of ketones is 2. The van der Waals surface area contributed by atoms with Gasteiger partial charge in [-0.25, -0.2) is 19.2 Å². The Morgan fingerprint density at radius 2 is 0.833 bits per heavy atom. The minimum atomic E-state index is -0.907. The second-order valence-corrected chi connectivity index (χ2v) is 12.9. The number of carbonyl (C=O) groups is 6. The van der Waals surface area contributed by atoms with E-state index in [1.54, 1.807) is 48.5 Å². The lowest BCUT2D eigenvalue weighted by Crippen LogP contribution is -2.44. The highest BCUT2D eigenvalue weighted by Crippen LogP contribution is 2.45. The van der Waals surface area contributed by atoms with Crippen molar-refractivity contribution in [3.05, 3.63) is 144 Å². The smallest absolute Gasteiger partial charge is 0.408 e. The maximum absolute atomic E-state index is 12.5. The molecule has 0 spiro atoms. The summed E-state index contributed by atoms with van der Waals surface area (Å²) in [5.74, 6) is -2.45. The molecule has 0 radical (unpaired) electrons. The van der Waals surface area contributed by atoms with E-state index in [0.29, 0.717) is 24.0 Å². The van der Waals surface area contributed by atoms with Crippen LogP contribution < -0.4 is 10.6 Å². The van der Waals surface area contributed by atoms with Gasteiger partial charge in [-0.1, -0.05) is 121 Å². The fraction of sp³-hybridized carbons (Fsp3) is 0.286. The van der Waals surface area contributed by atoms with Gasteiger partial charge >= 0.3 is 24.1 Å². The number of amides is 2. The molecule has 2 saturated carbocycles.